The lowest BCUT2D eigenvalue weighted by Crippen LogP contribution is -2.49. The summed E-state index contributed by atoms with van der Waals surface area (Å²) < 4.78 is 60.2. The van der Waals surface area contributed by atoms with Crippen LogP contribution in [0.3, 0.4) is 0 Å². The van der Waals surface area contributed by atoms with Crippen LogP contribution in [0.15, 0.2) is 36.4 Å². The van der Waals surface area contributed by atoms with Crippen molar-refractivity contribution < 1.29 is 36.9 Å². The SMILES string of the molecule is COc1cc(OCC(=O)N2CCN(Cc3cccc(C(F)(F)F)c3)CC2)cc(OC)c1OC. The second-order valence-electron chi connectivity index (χ2n) is 7.50. The molecule has 0 N–H and O–H groups in total. The van der Waals surface area contributed by atoms with E-state index in [0.29, 0.717) is 61.3 Å². The van der Waals surface area contributed by atoms with E-state index in [4.69, 9.17) is 18.9 Å². The van der Waals surface area contributed by atoms with E-state index in [9.17, 15) is 18.0 Å². The summed E-state index contributed by atoms with van der Waals surface area (Å²) in [7, 11) is 4.48. The number of methoxy groups -OCH3 is 3. The number of alkyl halides is 3. The summed E-state index contributed by atoms with van der Waals surface area (Å²) in [6.07, 6.45) is -4.36. The van der Waals surface area contributed by atoms with Gasteiger partial charge in [-0.05, 0) is 11.6 Å². The van der Waals surface area contributed by atoms with Gasteiger partial charge in [0.05, 0.1) is 26.9 Å². The molecule has 7 nitrogen and oxygen atoms in total. The molecule has 0 bridgehead atoms. The van der Waals surface area contributed by atoms with Gasteiger partial charge >= 0.3 is 6.18 Å². The normalized spacial score (nSPS) is 14.7. The van der Waals surface area contributed by atoms with Crippen LogP contribution < -0.4 is 18.9 Å². The zero-order valence-electron chi connectivity index (χ0n) is 18.8. The molecule has 1 saturated heterocycles. The van der Waals surface area contributed by atoms with Crippen LogP contribution in [0, 0.1) is 0 Å². The first-order valence-corrected chi connectivity index (χ1v) is 10.3. The number of carbonyl (C=O) groups excluding carboxylic acids is 1. The van der Waals surface area contributed by atoms with Crippen molar-refractivity contribution in [2.75, 3.05) is 54.1 Å². The summed E-state index contributed by atoms with van der Waals surface area (Å²) in [5.74, 6) is 1.49. The topological polar surface area (TPSA) is 60.5 Å². The van der Waals surface area contributed by atoms with Crippen molar-refractivity contribution >= 4 is 5.91 Å². The van der Waals surface area contributed by atoms with Gasteiger partial charge in [0.1, 0.15) is 5.75 Å². The predicted molar refractivity (Wildman–Crippen MR) is 115 cm³/mol. The number of halogens is 3. The van der Waals surface area contributed by atoms with E-state index < -0.39 is 11.7 Å². The highest BCUT2D eigenvalue weighted by atomic mass is 19.4. The standard InChI is InChI=1S/C23H27F3N2O5/c1-30-19-12-18(13-20(31-2)22(19)32-3)33-15-21(29)28-9-7-27(8-10-28)14-16-5-4-6-17(11-16)23(24,25)26/h4-6,11-13H,7-10,14-15H2,1-3H3. The molecule has 2 aromatic rings. The second kappa shape index (κ2) is 10.7. The van der Waals surface area contributed by atoms with Crippen LogP contribution in [0.2, 0.25) is 0 Å². The Labute approximate surface area is 190 Å². The number of rotatable bonds is 8. The van der Waals surface area contributed by atoms with Crippen LogP contribution in [0.5, 0.6) is 23.0 Å². The molecule has 0 aliphatic carbocycles. The van der Waals surface area contributed by atoms with Crippen molar-refractivity contribution in [3.05, 3.63) is 47.5 Å². The van der Waals surface area contributed by atoms with E-state index >= 15 is 0 Å². The molecular formula is C23H27F3N2O5. The highest BCUT2D eigenvalue weighted by molar-refractivity contribution is 5.78. The quantitative estimate of drug-likeness (QED) is 0.592. The largest absolute Gasteiger partial charge is 0.493 e. The Balaban J connectivity index is 1.52. The Morgan fingerprint density at radius 3 is 2.12 bits per heavy atom. The van der Waals surface area contributed by atoms with Gasteiger partial charge < -0.3 is 23.8 Å². The lowest BCUT2D eigenvalue weighted by atomic mass is 10.1. The second-order valence-corrected chi connectivity index (χ2v) is 7.50. The Bertz CT molecular complexity index is 934. The van der Waals surface area contributed by atoms with Gasteiger partial charge in [-0.2, -0.15) is 13.2 Å². The lowest BCUT2D eigenvalue weighted by molar-refractivity contribution is -0.138. The first-order chi connectivity index (χ1) is 15.7. The van der Waals surface area contributed by atoms with Crippen LogP contribution in [0.4, 0.5) is 13.2 Å². The third-order valence-corrected chi connectivity index (χ3v) is 5.39. The lowest BCUT2D eigenvalue weighted by Gasteiger charge is -2.34. The number of ether oxygens (including phenoxy) is 4. The number of hydrogen-bond donors (Lipinski definition) is 0. The Hall–Kier alpha value is -3.14. The highest BCUT2D eigenvalue weighted by Crippen LogP contribution is 2.40. The molecule has 0 aromatic heterocycles. The number of piperazine rings is 1. The molecule has 1 aliphatic rings. The molecular weight excluding hydrogens is 441 g/mol. The van der Waals surface area contributed by atoms with Crippen LogP contribution in [0.1, 0.15) is 11.1 Å². The van der Waals surface area contributed by atoms with Crippen molar-refractivity contribution in [1.82, 2.24) is 9.80 Å². The van der Waals surface area contributed by atoms with Gasteiger partial charge in [-0.25, -0.2) is 0 Å². The molecule has 1 amide bonds. The van der Waals surface area contributed by atoms with Gasteiger partial charge in [0.2, 0.25) is 5.75 Å². The number of amides is 1. The summed E-state index contributed by atoms with van der Waals surface area (Å²) >= 11 is 0. The van der Waals surface area contributed by atoms with E-state index in [1.54, 1.807) is 23.1 Å². The molecule has 1 fully saturated rings. The van der Waals surface area contributed by atoms with E-state index in [1.165, 1.54) is 33.5 Å². The van der Waals surface area contributed by atoms with E-state index in [1.807, 2.05) is 4.90 Å². The number of carbonyl (C=O) groups is 1. The monoisotopic (exact) mass is 468 g/mol. The molecule has 0 saturated carbocycles. The summed E-state index contributed by atoms with van der Waals surface area (Å²) in [6, 6.07) is 8.55. The molecule has 0 atom stereocenters. The maximum atomic E-state index is 12.9. The van der Waals surface area contributed by atoms with Gasteiger partial charge in [-0.1, -0.05) is 18.2 Å². The minimum Gasteiger partial charge on any atom is -0.493 e. The number of hydrogen-bond acceptors (Lipinski definition) is 6. The Morgan fingerprint density at radius 2 is 1.58 bits per heavy atom. The average molecular weight is 468 g/mol. The average Bonchev–Trinajstić information content (AvgIpc) is 2.81. The summed E-state index contributed by atoms with van der Waals surface area (Å²) in [5, 5.41) is 0. The Morgan fingerprint density at radius 1 is 0.939 bits per heavy atom. The van der Waals surface area contributed by atoms with Gasteiger partial charge in [-0.15, -0.1) is 0 Å². The smallest absolute Gasteiger partial charge is 0.416 e. The first kappa shape index (κ1) is 24.5. The predicted octanol–water partition coefficient (Wildman–Crippen LogP) is 3.45. The third kappa shape index (κ3) is 6.22. The van der Waals surface area contributed by atoms with Gasteiger partial charge in [-0.3, -0.25) is 9.69 Å². The van der Waals surface area contributed by atoms with Crippen molar-refractivity contribution in [1.29, 1.82) is 0 Å². The van der Waals surface area contributed by atoms with Crippen molar-refractivity contribution in [3.8, 4) is 23.0 Å². The molecule has 0 unspecified atom stereocenters. The molecule has 0 spiro atoms. The molecule has 0 radical (unpaired) electrons. The molecule has 180 valence electrons. The van der Waals surface area contributed by atoms with Crippen molar-refractivity contribution in [2.45, 2.75) is 12.7 Å². The van der Waals surface area contributed by atoms with Gasteiger partial charge in [0.25, 0.3) is 5.91 Å². The zero-order chi connectivity index (χ0) is 24.0. The fraction of sp³-hybridized carbons (Fsp3) is 0.435. The number of nitrogens with zero attached hydrogens (tertiary/aromatic N) is 2. The van der Waals surface area contributed by atoms with E-state index in [-0.39, 0.29) is 12.5 Å². The van der Waals surface area contributed by atoms with E-state index in [2.05, 4.69) is 0 Å². The number of benzene rings is 2. The van der Waals surface area contributed by atoms with Crippen LogP contribution in [-0.2, 0) is 17.5 Å². The molecule has 1 heterocycles. The van der Waals surface area contributed by atoms with Crippen LogP contribution in [0.25, 0.3) is 0 Å². The van der Waals surface area contributed by atoms with Gasteiger partial charge in [0.15, 0.2) is 18.1 Å². The molecule has 1 aliphatic heterocycles. The Kier molecular flexibility index (Phi) is 7.91. The minimum atomic E-state index is -4.36. The third-order valence-electron chi connectivity index (χ3n) is 5.39. The van der Waals surface area contributed by atoms with Crippen LogP contribution >= 0.6 is 0 Å². The fourth-order valence-electron chi connectivity index (χ4n) is 3.64. The fourth-order valence-corrected chi connectivity index (χ4v) is 3.64. The summed E-state index contributed by atoms with van der Waals surface area (Å²) in [4.78, 5) is 16.3. The minimum absolute atomic E-state index is 0.160. The maximum Gasteiger partial charge on any atom is 0.416 e. The van der Waals surface area contributed by atoms with Crippen molar-refractivity contribution in [3.63, 3.8) is 0 Å². The van der Waals surface area contributed by atoms with Crippen LogP contribution in [-0.4, -0.2) is 69.8 Å². The van der Waals surface area contributed by atoms with Gasteiger partial charge in [0, 0.05) is 44.9 Å². The van der Waals surface area contributed by atoms with Crippen molar-refractivity contribution in [2.24, 2.45) is 0 Å². The maximum absolute atomic E-state index is 12.9. The molecule has 3 rings (SSSR count). The highest BCUT2D eigenvalue weighted by Gasteiger charge is 2.30. The summed E-state index contributed by atoms with van der Waals surface area (Å²) in [6.45, 7) is 2.30. The molecule has 33 heavy (non-hydrogen) atoms. The zero-order valence-corrected chi connectivity index (χ0v) is 18.8. The van der Waals surface area contributed by atoms with E-state index in [0.717, 1.165) is 6.07 Å². The summed E-state index contributed by atoms with van der Waals surface area (Å²) in [5.41, 5.74) is -0.0620. The first-order valence-electron chi connectivity index (χ1n) is 10.3. The molecule has 10 heteroatoms. The molecule has 2 aromatic carbocycles.